The summed E-state index contributed by atoms with van der Waals surface area (Å²) in [5, 5.41) is 23.0. The van der Waals surface area contributed by atoms with Crippen molar-refractivity contribution >= 4 is 11.9 Å². The summed E-state index contributed by atoms with van der Waals surface area (Å²) in [4.78, 5) is 23.7. The van der Waals surface area contributed by atoms with Crippen LogP contribution in [0.4, 0.5) is 0 Å². The van der Waals surface area contributed by atoms with E-state index >= 15 is 0 Å². The Labute approximate surface area is 242 Å². The third kappa shape index (κ3) is 4.53. The average molecular weight is 575 g/mol. The van der Waals surface area contributed by atoms with E-state index in [4.69, 9.17) is 23.7 Å². The lowest BCUT2D eigenvalue weighted by Crippen LogP contribution is -2.60. The van der Waals surface area contributed by atoms with Crippen LogP contribution in [-0.4, -0.2) is 78.3 Å². The van der Waals surface area contributed by atoms with Gasteiger partial charge in [0, 0.05) is 25.5 Å². The van der Waals surface area contributed by atoms with Crippen LogP contribution >= 0.6 is 0 Å². The molecule has 6 aliphatic rings. The van der Waals surface area contributed by atoms with Crippen LogP contribution < -0.4 is 0 Å². The van der Waals surface area contributed by atoms with Crippen molar-refractivity contribution < 1.29 is 43.5 Å². The Morgan fingerprint density at radius 1 is 1.10 bits per heavy atom. The SMILES string of the molecule is CO[C@@H]1[C@@H](O)[C@H](C)O[C@@H](O[C@H]2CC[C@@]3(C)[C@H](CC=C4[C@@H]3CC[C@]3(C)[C@@H](C5=CC(=O)OC5)CC[C@]43O)C2)[C@H]1OC(C)=O. The molecule has 0 aromatic heterocycles. The normalized spacial score (nSPS) is 49.2. The largest absolute Gasteiger partial charge is 0.458 e. The number of carbonyl (C=O) groups is 2. The van der Waals surface area contributed by atoms with Crippen molar-refractivity contribution in [1.82, 2.24) is 0 Å². The van der Waals surface area contributed by atoms with E-state index in [0.29, 0.717) is 18.4 Å². The highest BCUT2D eigenvalue weighted by molar-refractivity contribution is 5.85. The first-order chi connectivity index (χ1) is 19.4. The Bertz CT molecular complexity index is 1130. The molecule has 1 saturated heterocycles. The number of ether oxygens (including phenoxy) is 5. The molecule has 2 aliphatic heterocycles. The van der Waals surface area contributed by atoms with E-state index in [0.717, 1.165) is 56.9 Å². The zero-order valence-corrected chi connectivity index (χ0v) is 25.0. The van der Waals surface area contributed by atoms with E-state index in [9.17, 15) is 19.8 Å². The van der Waals surface area contributed by atoms with E-state index in [2.05, 4.69) is 19.9 Å². The zero-order valence-electron chi connectivity index (χ0n) is 25.0. The lowest BCUT2D eigenvalue weighted by Gasteiger charge is -2.60. The lowest BCUT2D eigenvalue weighted by atomic mass is 9.46. The molecule has 41 heavy (non-hydrogen) atoms. The fraction of sp³-hybridized carbons (Fsp3) is 0.812. The van der Waals surface area contributed by atoms with Crippen LogP contribution in [0.1, 0.15) is 79.1 Å². The van der Waals surface area contributed by atoms with Gasteiger partial charge < -0.3 is 33.9 Å². The molecule has 0 bridgehead atoms. The third-order valence-electron chi connectivity index (χ3n) is 12.0. The van der Waals surface area contributed by atoms with E-state index < -0.39 is 42.3 Å². The number of rotatable bonds is 5. The van der Waals surface area contributed by atoms with E-state index in [1.54, 1.807) is 13.0 Å². The minimum Gasteiger partial charge on any atom is -0.458 e. The van der Waals surface area contributed by atoms with Gasteiger partial charge in [0.1, 0.15) is 18.8 Å². The van der Waals surface area contributed by atoms with Crippen molar-refractivity contribution in [2.24, 2.45) is 28.6 Å². The van der Waals surface area contributed by atoms with Crippen molar-refractivity contribution in [2.45, 2.75) is 121 Å². The molecule has 6 rings (SSSR count). The Morgan fingerprint density at radius 3 is 2.54 bits per heavy atom. The van der Waals surface area contributed by atoms with Gasteiger partial charge in [-0.05, 0) is 92.6 Å². The number of aliphatic hydroxyl groups excluding tert-OH is 1. The number of aliphatic hydroxyl groups is 2. The van der Waals surface area contributed by atoms with Gasteiger partial charge in [-0.2, -0.15) is 0 Å². The van der Waals surface area contributed by atoms with Crippen molar-refractivity contribution in [3.63, 3.8) is 0 Å². The monoisotopic (exact) mass is 574 g/mol. The van der Waals surface area contributed by atoms with Crippen LogP contribution in [0.15, 0.2) is 23.3 Å². The predicted octanol–water partition coefficient (Wildman–Crippen LogP) is 3.60. The molecule has 3 saturated carbocycles. The molecule has 4 aliphatic carbocycles. The number of hydrogen-bond acceptors (Lipinski definition) is 9. The first-order valence-electron chi connectivity index (χ1n) is 15.4. The number of esters is 2. The lowest BCUT2D eigenvalue weighted by molar-refractivity contribution is -0.314. The summed E-state index contributed by atoms with van der Waals surface area (Å²) in [6, 6.07) is 0. The predicted molar refractivity (Wildman–Crippen MR) is 147 cm³/mol. The first-order valence-corrected chi connectivity index (χ1v) is 15.4. The highest BCUT2D eigenvalue weighted by Gasteiger charge is 2.65. The molecular formula is C32H46O9. The molecule has 2 heterocycles. The molecule has 0 amide bonds. The topological polar surface area (TPSA) is 121 Å². The molecule has 0 unspecified atom stereocenters. The summed E-state index contributed by atoms with van der Waals surface area (Å²) in [6.07, 6.45) is 7.08. The Balaban J connectivity index is 1.19. The first kappa shape index (κ1) is 29.3. The average Bonchev–Trinajstić information content (AvgIpc) is 3.46. The third-order valence-corrected chi connectivity index (χ3v) is 12.0. The van der Waals surface area contributed by atoms with Gasteiger partial charge in [0.15, 0.2) is 12.4 Å². The number of hydrogen-bond donors (Lipinski definition) is 2. The molecule has 12 atom stereocenters. The van der Waals surface area contributed by atoms with Crippen molar-refractivity contribution in [1.29, 1.82) is 0 Å². The maximum atomic E-state index is 12.4. The van der Waals surface area contributed by atoms with Crippen LogP contribution in [0.5, 0.6) is 0 Å². The molecule has 0 aromatic carbocycles. The second kappa shape index (κ2) is 10.4. The fourth-order valence-electron chi connectivity index (χ4n) is 9.64. The molecule has 9 nitrogen and oxygen atoms in total. The van der Waals surface area contributed by atoms with Gasteiger partial charge in [0.25, 0.3) is 0 Å². The minimum absolute atomic E-state index is 0.0477. The maximum absolute atomic E-state index is 12.4. The van der Waals surface area contributed by atoms with Crippen LogP contribution in [-0.2, 0) is 33.3 Å². The van der Waals surface area contributed by atoms with Crippen molar-refractivity contribution in [3.8, 4) is 0 Å². The highest BCUT2D eigenvalue weighted by atomic mass is 16.7. The van der Waals surface area contributed by atoms with Gasteiger partial charge in [0.05, 0.1) is 17.8 Å². The smallest absolute Gasteiger partial charge is 0.331 e. The highest BCUT2D eigenvalue weighted by Crippen LogP contribution is 2.68. The summed E-state index contributed by atoms with van der Waals surface area (Å²) < 4.78 is 28.8. The molecule has 9 heteroatoms. The Kier molecular flexibility index (Phi) is 7.46. The summed E-state index contributed by atoms with van der Waals surface area (Å²) >= 11 is 0. The zero-order chi connectivity index (χ0) is 29.3. The number of carbonyl (C=O) groups excluding carboxylic acids is 2. The Morgan fingerprint density at radius 2 is 1.85 bits per heavy atom. The molecular weight excluding hydrogens is 528 g/mol. The van der Waals surface area contributed by atoms with Gasteiger partial charge >= 0.3 is 11.9 Å². The van der Waals surface area contributed by atoms with Gasteiger partial charge in [-0.1, -0.05) is 19.9 Å². The molecule has 0 spiro atoms. The Hall–Kier alpha value is -1.78. The quantitative estimate of drug-likeness (QED) is 0.375. The molecule has 0 radical (unpaired) electrons. The maximum Gasteiger partial charge on any atom is 0.331 e. The number of fused-ring (bicyclic) bond motifs is 5. The van der Waals surface area contributed by atoms with E-state index in [1.165, 1.54) is 19.6 Å². The minimum atomic E-state index is -0.934. The summed E-state index contributed by atoms with van der Waals surface area (Å²) in [7, 11) is 1.49. The molecule has 228 valence electrons. The van der Waals surface area contributed by atoms with Gasteiger partial charge in [-0.3, -0.25) is 4.79 Å². The summed E-state index contributed by atoms with van der Waals surface area (Å²) in [6.45, 7) is 8.07. The van der Waals surface area contributed by atoms with Crippen LogP contribution in [0.25, 0.3) is 0 Å². The van der Waals surface area contributed by atoms with Crippen molar-refractivity contribution in [2.75, 3.05) is 13.7 Å². The van der Waals surface area contributed by atoms with Gasteiger partial charge in [0.2, 0.25) is 0 Å². The summed E-state index contributed by atoms with van der Waals surface area (Å²) in [5.41, 5.74) is 1.13. The van der Waals surface area contributed by atoms with Crippen LogP contribution in [0, 0.1) is 28.6 Å². The number of cyclic esters (lactones) is 1. The van der Waals surface area contributed by atoms with Gasteiger partial charge in [-0.15, -0.1) is 0 Å². The fourth-order valence-corrected chi connectivity index (χ4v) is 9.64. The standard InChI is InChI=1S/C32H46O9/c1-17-26(35)27(37-5)28(40-18(2)33)29(39-17)41-21-8-11-30(3)20(15-21)6-7-24-23(30)9-12-31(4)22(10-13-32(24,31)36)19-14-25(34)38-16-19/h7,14,17,20-23,26-29,35-36H,6,8-13,15-16H2,1-5H3/t17-,20+,21-,22+,23-,26-,27+,28-,29-,30-,31+,32-/m0/s1. The van der Waals surface area contributed by atoms with Crippen molar-refractivity contribution in [3.05, 3.63) is 23.3 Å². The second-order valence-corrected chi connectivity index (χ2v) is 13.9. The molecule has 4 fully saturated rings. The molecule has 2 N–H and O–H groups in total. The van der Waals surface area contributed by atoms with E-state index in [1.807, 2.05) is 0 Å². The van der Waals surface area contributed by atoms with Crippen LogP contribution in [0.2, 0.25) is 0 Å². The van der Waals surface area contributed by atoms with Crippen LogP contribution in [0.3, 0.4) is 0 Å². The summed E-state index contributed by atoms with van der Waals surface area (Å²) in [5.74, 6) is 0.118. The second-order valence-electron chi connectivity index (χ2n) is 13.9. The number of allylic oxidation sites excluding steroid dienone is 1. The van der Waals surface area contributed by atoms with Gasteiger partial charge in [-0.25, -0.2) is 4.79 Å². The molecule has 0 aromatic rings. The number of methoxy groups -OCH3 is 1. The van der Waals surface area contributed by atoms with E-state index in [-0.39, 0.29) is 28.8 Å².